The van der Waals surface area contributed by atoms with Crippen molar-refractivity contribution in [3.63, 3.8) is 0 Å². The molecule has 1 nitrogen and oxygen atoms in total. The van der Waals surface area contributed by atoms with Crippen LogP contribution in [0.2, 0.25) is 0 Å². The minimum absolute atomic E-state index is 1.06. The number of fused-ring (bicyclic) bond motifs is 8. The van der Waals surface area contributed by atoms with E-state index < -0.39 is 0 Å². The topological polar surface area (TPSA) is 12.9 Å². The average Bonchev–Trinajstić information content (AvgIpc) is 2.72. The monoisotopic (exact) mass is 331 g/mol. The first-order valence-corrected chi connectivity index (χ1v) is 9.21. The van der Waals surface area contributed by atoms with Gasteiger partial charge in [-0.1, -0.05) is 66.7 Å². The van der Waals surface area contributed by atoms with E-state index in [0.29, 0.717) is 0 Å². The zero-order valence-electron chi connectivity index (χ0n) is 14.4. The Morgan fingerprint density at radius 2 is 1.35 bits per heavy atom. The van der Waals surface area contributed by atoms with Crippen LogP contribution < -0.4 is 0 Å². The maximum Gasteiger partial charge on any atom is 0.0744 e. The van der Waals surface area contributed by atoms with Crippen molar-refractivity contribution in [1.82, 2.24) is 4.98 Å². The number of hydrogen-bond donors (Lipinski definition) is 0. The van der Waals surface area contributed by atoms with Crippen molar-refractivity contribution in [2.75, 3.05) is 0 Å². The molecule has 0 N–H and O–H groups in total. The largest absolute Gasteiger partial charge is 0.247 e. The molecule has 1 heteroatoms. The second kappa shape index (κ2) is 5.15. The van der Waals surface area contributed by atoms with Gasteiger partial charge in [-0.2, -0.15) is 0 Å². The van der Waals surface area contributed by atoms with E-state index in [4.69, 9.17) is 4.98 Å². The molecule has 0 unspecified atom stereocenters. The van der Waals surface area contributed by atoms with Crippen molar-refractivity contribution in [3.8, 4) is 11.3 Å². The summed E-state index contributed by atoms with van der Waals surface area (Å²) in [6.45, 7) is 0. The fourth-order valence-electron chi connectivity index (χ4n) is 4.48. The first kappa shape index (κ1) is 14.0. The van der Waals surface area contributed by atoms with Crippen molar-refractivity contribution in [3.05, 3.63) is 90.0 Å². The second-order valence-electron chi connectivity index (χ2n) is 7.16. The fraction of sp³-hybridized carbons (Fsp3) is 0.0800. The number of rotatable bonds is 0. The molecule has 4 aromatic carbocycles. The van der Waals surface area contributed by atoms with Crippen molar-refractivity contribution in [2.45, 2.75) is 12.8 Å². The van der Waals surface area contributed by atoms with E-state index in [2.05, 4.69) is 78.9 Å². The Hall–Kier alpha value is -3.19. The van der Waals surface area contributed by atoms with Gasteiger partial charge < -0.3 is 0 Å². The van der Waals surface area contributed by atoms with Gasteiger partial charge in [0.15, 0.2) is 0 Å². The lowest BCUT2D eigenvalue weighted by atomic mass is 9.85. The molecule has 0 atom stereocenters. The van der Waals surface area contributed by atoms with Crippen LogP contribution in [0.3, 0.4) is 0 Å². The maximum absolute atomic E-state index is 5.11. The first-order chi connectivity index (χ1) is 12.9. The molecule has 0 bridgehead atoms. The molecule has 1 aliphatic rings. The lowest BCUT2D eigenvalue weighted by molar-refractivity contribution is 0.942. The van der Waals surface area contributed by atoms with E-state index in [9.17, 15) is 0 Å². The van der Waals surface area contributed by atoms with E-state index in [1.54, 1.807) is 0 Å². The highest BCUT2D eigenvalue weighted by molar-refractivity contribution is 6.07. The Kier molecular flexibility index (Phi) is 2.78. The molecule has 6 rings (SSSR count). The van der Waals surface area contributed by atoms with Gasteiger partial charge in [-0.15, -0.1) is 0 Å². The summed E-state index contributed by atoms with van der Waals surface area (Å²) in [6.07, 6.45) is 2.14. The molecule has 0 amide bonds. The predicted octanol–water partition coefficient (Wildman–Crippen LogP) is 6.31. The Morgan fingerprint density at radius 1 is 0.615 bits per heavy atom. The molecule has 0 radical (unpaired) electrons. The molecule has 26 heavy (non-hydrogen) atoms. The Morgan fingerprint density at radius 3 is 2.23 bits per heavy atom. The Bertz CT molecular complexity index is 1330. The molecule has 1 heterocycles. The quantitative estimate of drug-likeness (QED) is 0.303. The molecule has 5 aromatic rings. The number of hydrogen-bond acceptors (Lipinski definition) is 1. The molecule has 0 saturated carbocycles. The van der Waals surface area contributed by atoms with Crippen molar-refractivity contribution in [1.29, 1.82) is 0 Å². The minimum Gasteiger partial charge on any atom is -0.247 e. The predicted molar refractivity (Wildman–Crippen MR) is 110 cm³/mol. The summed E-state index contributed by atoms with van der Waals surface area (Å²) in [5.74, 6) is 0. The van der Waals surface area contributed by atoms with Gasteiger partial charge in [-0.05, 0) is 57.6 Å². The van der Waals surface area contributed by atoms with Gasteiger partial charge in [0.1, 0.15) is 0 Å². The van der Waals surface area contributed by atoms with Gasteiger partial charge in [0.05, 0.1) is 11.2 Å². The van der Waals surface area contributed by atoms with Gasteiger partial charge in [-0.3, -0.25) is 0 Å². The van der Waals surface area contributed by atoms with Crippen LogP contribution in [-0.4, -0.2) is 4.98 Å². The third-order valence-corrected chi connectivity index (χ3v) is 5.74. The number of nitrogens with zero attached hydrogens (tertiary/aromatic N) is 1. The van der Waals surface area contributed by atoms with Gasteiger partial charge >= 0.3 is 0 Å². The van der Waals surface area contributed by atoms with Crippen LogP contribution in [0.1, 0.15) is 11.1 Å². The Labute approximate surface area is 151 Å². The summed E-state index contributed by atoms with van der Waals surface area (Å²) in [4.78, 5) is 5.11. The van der Waals surface area contributed by atoms with E-state index in [-0.39, 0.29) is 0 Å². The maximum atomic E-state index is 5.11. The summed E-state index contributed by atoms with van der Waals surface area (Å²) in [5, 5.41) is 6.54. The van der Waals surface area contributed by atoms with Gasteiger partial charge in [0.25, 0.3) is 0 Å². The summed E-state index contributed by atoms with van der Waals surface area (Å²) < 4.78 is 0. The number of aromatic nitrogens is 1. The van der Waals surface area contributed by atoms with Crippen LogP contribution in [0.5, 0.6) is 0 Å². The van der Waals surface area contributed by atoms with Crippen molar-refractivity contribution >= 4 is 32.4 Å². The number of benzene rings is 4. The van der Waals surface area contributed by atoms with Gasteiger partial charge in [0, 0.05) is 10.9 Å². The molecule has 122 valence electrons. The lowest BCUT2D eigenvalue weighted by Crippen LogP contribution is -2.06. The SMILES string of the molecule is c1ccc2c3c(ccc2c1)-c1nc2ccc4ccccc4c2cc1CC3. The van der Waals surface area contributed by atoms with Crippen molar-refractivity contribution in [2.24, 2.45) is 0 Å². The van der Waals surface area contributed by atoms with Gasteiger partial charge in [0.2, 0.25) is 0 Å². The van der Waals surface area contributed by atoms with Crippen LogP contribution in [0.25, 0.3) is 43.7 Å². The third kappa shape index (κ3) is 1.89. The second-order valence-corrected chi connectivity index (χ2v) is 7.16. The van der Waals surface area contributed by atoms with Crippen LogP contribution >= 0.6 is 0 Å². The number of pyridine rings is 1. The average molecular weight is 331 g/mol. The van der Waals surface area contributed by atoms with Crippen molar-refractivity contribution < 1.29 is 0 Å². The fourth-order valence-corrected chi connectivity index (χ4v) is 4.48. The molecule has 0 spiro atoms. The molecule has 1 aromatic heterocycles. The van der Waals surface area contributed by atoms with E-state index >= 15 is 0 Å². The highest BCUT2D eigenvalue weighted by Crippen LogP contribution is 2.38. The zero-order valence-corrected chi connectivity index (χ0v) is 14.4. The molecular weight excluding hydrogens is 314 g/mol. The highest BCUT2D eigenvalue weighted by atomic mass is 14.7. The van der Waals surface area contributed by atoms with Crippen LogP contribution in [0.15, 0.2) is 78.9 Å². The molecule has 1 aliphatic carbocycles. The molecule has 0 fully saturated rings. The van der Waals surface area contributed by atoms with E-state index in [1.807, 2.05) is 0 Å². The highest BCUT2D eigenvalue weighted by Gasteiger charge is 2.20. The summed E-state index contributed by atoms with van der Waals surface area (Å²) >= 11 is 0. The van der Waals surface area contributed by atoms with Gasteiger partial charge in [-0.25, -0.2) is 4.98 Å². The van der Waals surface area contributed by atoms with E-state index in [1.165, 1.54) is 49.3 Å². The lowest BCUT2D eigenvalue weighted by Gasteiger charge is -2.21. The number of aryl methyl sites for hydroxylation is 2. The minimum atomic E-state index is 1.06. The van der Waals surface area contributed by atoms with Crippen LogP contribution in [0, 0.1) is 0 Å². The summed E-state index contributed by atoms with van der Waals surface area (Å²) in [5.41, 5.74) is 6.38. The molecule has 0 aliphatic heterocycles. The molecular formula is C25H17N. The first-order valence-electron chi connectivity index (χ1n) is 9.21. The summed E-state index contributed by atoms with van der Waals surface area (Å²) in [6, 6.07) is 28.5. The van der Waals surface area contributed by atoms with E-state index in [0.717, 1.165) is 18.4 Å². The van der Waals surface area contributed by atoms with Crippen LogP contribution in [0.4, 0.5) is 0 Å². The smallest absolute Gasteiger partial charge is 0.0744 e. The van der Waals surface area contributed by atoms with Crippen LogP contribution in [-0.2, 0) is 12.8 Å². The zero-order chi connectivity index (χ0) is 17.1. The third-order valence-electron chi connectivity index (χ3n) is 5.74. The Balaban J connectivity index is 1.68. The normalized spacial score (nSPS) is 13.1. The molecule has 0 saturated heterocycles. The summed E-state index contributed by atoms with van der Waals surface area (Å²) in [7, 11) is 0. The standard InChI is InChI=1S/C25H17N/c1-3-7-19-16(5-1)9-13-22-21(19)12-10-18-15-23-20-8-4-2-6-17(20)11-14-24(23)26-25(18)22/h1-9,11,13-15H,10,12H2.